The lowest BCUT2D eigenvalue weighted by Crippen LogP contribution is -2.44. The summed E-state index contributed by atoms with van der Waals surface area (Å²) in [5.74, 6) is 0.166. The van der Waals surface area contributed by atoms with Crippen molar-refractivity contribution in [1.29, 1.82) is 0 Å². The number of carbonyl (C=O) groups excluding carboxylic acids is 2. The van der Waals surface area contributed by atoms with Gasteiger partial charge in [-0.3, -0.25) is 19.4 Å². The van der Waals surface area contributed by atoms with Gasteiger partial charge in [-0.2, -0.15) is 0 Å². The van der Waals surface area contributed by atoms with Gasteiger partial charge in [0.2, 0.25) is 22.1 Å². The number of nitrogens with one attached hydrogen (secondary N) is 1. The van der Waals surface area contributed by atoms with Crippen LogP contribution in [-0.4, -0.2) is 65.7 Å². The molecule has 4 rings (SSSR count). The van der Waals surface area contributed by atoms with E-state index < -0.39 is 0 Å². The molecule has 172 valence electrons. The van der Waals surface area contributed by atoms with Crippen molar-refractivity contribution in [3.8, 4) is 0 Å². The molecule has 2 aliphatic rings. The van der Waals surface area contributed by atoms with Gasteiger partial charge in [0, 0.05) is 39.1 Å². The molecule has 1 aromatic heterocycles. The van der Waals surface area contributed by atoms with Crippen LogP contribution < -0.4 is 15.1 Å². The van der Waals surface area contributed by atoms with E-state index in [1.54, 1.807) is 4.90 Å². The number of benzene rings is 1. The van der Waals surface area contributed by atoms with E-state index in [-0.39, 0.29) is 17.9 Å². The van der Waals surface area contributed by atoms with Gasteiger partial charge in [-0.15, -0.1) is 10.2 Å². The molecule has 3 heterocycles. The molecule has 9 heteroatoms. The van der Waals surface area contributed by atoms with Crippen LogP contribution in [-0.2, 0) is 16.1 Å². The van der Waals surface area contributed by atoms with Gasteiger partial charge in [-0.25, -0.2) is 0 Å². The summed E-state index contributed by atoms with van der Waals surface area (Å²) in [6.45, 7) is 7.20. The maximum absolute atomic E-state index is 12.9. The maximum atomic E-state index is 12.9. The number of nitrogens with zero attached hydrogens (tertiary/aromatic N) is 5. The van der Waals surface area contributed by atoms with Crippen molar-refractivity contribution in [3.05, 3.63) is 35.9 Å². The maximum Gasteiger partial charge on any atom is 0.242 e. The van der Waals surface area contributed by atoms with E-state index in [1.165, 1.54) is 16.9 Å². The molecule has 1 N–H and O–H groups in total. The second-order valence-electron chi connectivity index (χ2n) is 8.37. The Kier molecular flexibility index (Phi) is 7.70. The minimum atomic E-state index is -0.211. The Morgan fingerprint density at radius 2 is 2.00 bits per heavy atom. The highest BCUT2D eigenvalue weighted by Gasteiger charge is 2.34. The predicted molar refractivity (Wildman–Crippen MR) is 127 cm³/mol. The third kappa shape index (κ3) is 5.45. The zero-order valence-electron chi connectivity index (χ0n) is 18.7. The zero-order chi connectivity index (χ0) is 22.3. The van der Waals surface area contributed by atoms with Gasteiger partial charge in [0.1, 0.15) is 6.04 Å². The predicted octanol–water partition coefficient (Wildman–Crippen LogP) is 2.66. The van der Waals surface area contributed by atoms with Crippen molar-refractivity contribution in [2.45, 2.75) is 51.6 Å². The first-order valence-corrected chi connectivity index (χ1v) is 12.4. The zero-order valence-corrected chi connectivity index (χ0v) is 19.5. The summed E-state index contributed by atoms with van der Waals surface area (Å²) in [6, 6.07) is 10.3. The number of anilines is 2. The van der Waals surface area contributed by atoms with Crippen LogP contribution in [0.15, 0.2) is 30.3 Å². The fourth-order valence-corrected chi connectivity index (χ4v) is 5.34. The summed E-state index contributed by atoms with van der Waals surface area (Å²) in [7, 11) is 0. The number of amides is 2. The second-order valence-corrected chi connectivity index (χ2v) is 9.30. The first kappa shape index (κ1) is 22.7. The van der Waals surface area contributed by atoms with Crippen molar-refractivity contribution in [3.63, 3.8) is 0 Å². The molecule has 0 bridgehead atoms. The fraction of sp³-hybridized carbons (Fsp3) is 0.565. The van der Waals surface area contributed by atoms with E-state index in [0.29, 0.717) is 24.6 Å². The van der Waals surface area contributed by atoms with Gasteiger partial charge in [-0.05, 0) is 37.8 Å². The van der Waals surface area contributed by atoms with Crippen molar-refractivity contribution in [1.82, 2.24) is 20.4 Å². The molecule has 0 radical (unpaired) electrons. The Bertz CT molecular complexity index is 905. The number of aromatic nitrogens is 2. The number of carbonyl (C=O) groups is 2. The van der Waals surface area contributed by atoms with Crippen LogP contribution in [0.1, 0.15) is 44.6 Å². The molecule has 1 atom stereocenters. The summed E-state index contributed by atoms with van der Waals surface area (Å²) in [4.78, 5) is 31.0. The topological polar surface area (TPSA) is 81.7 Å². The van der Waals surface area contributed by atoms with Crippen molar-refractivity contribution in [2.75, 3.05) is 42.5 Å². The molecule has 1 aromatic carbocycles. The molecular weight excluding hydrogens is 424 g/mol. The van der Waals surface area contributed by atoms with Crippen LogP contribution in [0.2, 0.25) is 0 Å². The van der Waals surface area contributed by atoms with Gasteiger partial charge >= 0.3 is 0 Å². The van der Waals surface area contributed by atoms with Crippen LogP contribution in [0.4, 0.5) is 10.3 Å². The second kappa shape index (κ2) is 10.9. The Morgan fingerprint density at radius 1 is 1.19 bits per heavy atom. The van der Waals surface area contributed by atoms with Gasteiger partial charge in [0.25, 0.3) is 0 Å². The van der Waals surface area contributed by atoms with E-state index in [2.05, 4.69) is 51.6 Å². The summed E-state index contributed by atoms with van der Waals surface area (Å²) in [5.41, 5.74) is 1.31. The third-order valence-corrected chi connectivity index (χ3v) is 7.14. The lowest BCUT2D eigenvalue weighted by molar-refractivity contribution is -0.122. The SMILES string of the molecule is CCN(CCCNC(=O)[C@H]1CCCN1c1nnc(N2CCCC2=O)s1)Cc1ccccc1. The number of hydrogen-bond donors (Lipinski definition) is 1. The average Bonchev–Trinajstić information content (AvgIpc) is 3.56. The summed E-state index contributed by atoms with van der Waals surface area (Å²) in [5, 5.41) is 13.0. The molecule has 0 unspecified atom stereocenters. The van der Waals surface area contributed by atoms with E-state index in [1.807, 2.05) is 11.0 Å². The molecular formula is C23H32N6O2S. The largest absolute Gasteiger partial charge is 0.354 e. The van der Waals surface area contributed by atoms with E-state index in [9.17, 15) is 9.59 Å². The summed E-state index contributed by atoms with van der Waals surface area (Å²) >= 11 is 1.41. The smallest absolute Gasteiger partial charge is 0.242 e. The Labute approximate surface area is 193 Å². The molecule has 2 saturated heterocycles. The Morgan fingerprint density at radius 3 is 2.75 bits per heavy atom. The summed E-state index contributed by atoms with van der Waals surface area (Å²) < 4.78 is 0. The molecule has 2 fully saturated rings. The first-order valence-electron chi connectivity index (χ1n) is 11.6. The highest BCUT2D eigenvalue weighted by atomic mass is 32.1. The van der Waals surface area contributed by atoms with Gasteiger partial charge in [0.05, 0.1) is 0 Å². The van der Waals surface area contributed by atoms with Crippen molar-refractivity contribution >= 4 is 33.4 Å². The minimum absolute atomic E-state index is 0.0580. The average molecular weight is 457 g/mol. The molecule has 0 spiro atoms. The lowest BCUT2D eigenvalue weighted by Gasteiger charge is -2.23. The Hall–Kier alpha value is -2.52. The molecule has 2 amide bonds. The Balaban J connectivity index is 1.25. The normalized spacial score (nSPS) is 18.7. The minimum Gasteiger partial charge on any atom is -0.354 e. The first-order chi connectivity index (χ1) is 15.7. The van der Waals surface area contributed by atoms with Crippen LogP contribution in [0.3, 0.4) is 0 Å². The van der Waals surface area contributed by atoms with E-state index >= 15 is 0 Å². The van der Waals surface area contributed by atoms with Crippen LogP contribution >= 0.6 is 11.3 Å². The fourth-order valence-electron chi connectivity index (χ4n) is 4.37. The summed E-state index contributed by atoms with van der Waals surface area (Å²) in [6.07, 6.45) is 4.13. The molecule has 2 aromatic rings. The van der Waals surface area contributed by atoms with Crippen LogP contribution in [0.25, 0.3) is 0 Å². The molecule has 8 nitrogen and oxygen atoms in total. The molecule has 32 heavy (non-hydrogen) atoms. The van der Waals surface area contributed by atoms with Gasteiger partial charge in [0.15, 0.2) is 0 Å². The monoisotopic (exact) mass is 456 g/mol. The molecule has 0 aliphatic carbocycles. The highest BCUT2D eigenvalue weighted by Crippen LogP contribution is 2.33. The van der Waals surface area contributed by atoms with Crippen LogP contribution in [0, 0.1) is 0 Å². The highest BCUT2D eigenvalue weighted by molar-refractivity contribution is 7.19. The molecule has 0 saturated carbocycles. The van der Waals surface area contributed by atoms with E-state index in [4.69, 9.17) is 0 Å². The lowest BCUT2D eigenvalue weighted by atomic mass is 10.2. The van der Waals surface area contributed by atoms with Gasteiger partial charge in [-0.1, -0.05) is 48.6 Å². The quantitative estimate of drug-likeness (QED) is 0.554. The number of rotatable bonds is 10. The number of hydrogen-bond acceptors (Lipinski definition) is 7. The van der Waals surface area contributed by atoms with E-state index in [0.717, 1.165) is 57.0 Å². The third-order valence-electron chi connectivity index (χ3n) is 6.16. The standard InChI is InChI=1S/C23H32N6O2S/c1-2-27(17-18-9-4-3-5-10-18)14-8-13-24-21(31)19-11-6-15-28(19)22-25-26-23(32-22)29-16-7-12-20(29)30/h3-5,9-10,19H,2,6-8,11-17H2,1H3,(H,24,31)/t19-/m1/s1. The molecule has 2 aliphatic heterocycles. The van der Waals surface area contributed by atoms with Crippen molar-refractivity contribution in [2.24, 2.45) is 0 Å². The van der Waals surface area contributed by atoms with Crippen molar-refractivity contribution < 1.29 is 9.59 Å². The van der Waals surface area contributed by atoms with Gasteiger partial charge < -0.3 is 10.2 Å². The van der Waals surface area contributed by atoms with Crippen LogP contribution in [0.5, 0.6) is 0 Å².